The minimum absolute atomic E-state index is 0.119. The standard InChI is InChI=1S/C13H17FN2/c14-10-3-4-12-11(9-10)13(5-6-15-12)16-7-1-2-8-16/h3-4,9,13,15H,1-2,5-8H2. The Labute approximate surface area is 95.4 Å². The smallest absolute Gasteiger partial charge is 0.123 e. The fourth-order valence-electron chi connectivity index (χ4n) is 2.90. The van der Waals surface area contributed by atoms with Gasteiger partial charge in [0.25, 0.3) is 0 Å². The van der Waals surface area contributed by atoms with Gasteiger partial charge < -0.3 is 5.32 Å². The third-order valence-electron chi connectivity index (χ3n) is 3.69. The molecule has 3 rings (SSSR count). The minimum Gasteiger partial charge on any atom is -0.385 e. The number of nitrogens with zero attached hydrogens (tertiary/aromatic N) is 1. The van der Waals surface area contributed by atoms with Gasteiger partial charge in [-0.3, -0.25) is 4.90 Å². The van der Waals surface area contributed by atoms with Gasteiger partial charge in [-0.25, -0.2) is 4.39 Å². The van der Waals surface area contributed by atoms with Crippen LogP contribution in [0.4, 0.5) is 10.1 Å². The van der Waals surface area contributed by atoms with Gasteiger partial charge in [0.15, 0.2) is 0 Å². The van der Waals surface area contributed by atoms with E-state index in [0.29, 0.717) is 6.04 Å². The highest BCUT2D eigenvalue weighted by atomic mass is 19.1. The molecule has 2 aliphatic heterocycles. The first-order valence-corrected chi connectivity index (χ1v) is 6.12. The van der Waals surface area contributed by atoms with E-state index >= 15 is 0 Å². The van der Waals surface area contributed by atoms with Crippen molar-refractivity contribution < 1.29 is 4.39 Å². The van der Waals surface area contributed by atoms with Crippen LogP contribution in [0.3, 0.4) is 0 Å². The normalized spacial score (nSPS) is 25.2. The maximum atomic E-state index is 13.3. The zero-order valence-corrected chi connectivity index (χ0v) is 9.38. The van der Waals surface area contributed by atoms with Gasteiger partial charge in [-0.2, -0.15) is 0 Å². The molecule has 0 saturated carbocycles. The van der Waals surface area contributed by atoms with E-state index in [2.05, 4.69) is 10.2 Å². The number of likely N-dealkylation sites (tertiary alicyclic amines) is 1. The van der Waals surface area contributed by atoms with Crippen LogP contribution in [0, 0.1) is 5.82 Å². The maximum Gasteiger partial charge on any atom is 0.123 e. The zero-order valence-electron chi connectivity index (χ0n) is 9.38. The minimum atomic E-state index is -0.119. The zero-order chi connectivity index (χ0) is 11.0. The van der Waals surface area contributed by atoms with Gasteiger partial charge in [0.1, 0.15) is 5.82 Å². The molecule has 3 heteroatoms. The third kappa shape index (κ3) is 1.69. The second kappa shape index (κ2) is 4.06. The molecule has 86 valence electrons. The Hall–Kier alpha value is -1.09. The van der Waals surface area contributed by atoms with Crippen LogP contribution < -0.4 is 5.32 Å². The van der Waals surface area contributed by atoms with Crippen LogP contribution in [-0.2, 0) is 0 Å². The molecule has 0 radical (unpaired) electrons. The molecule has 0 bridgehead atoms. The lowest BCUT2D eigenvalue weighted by atomic mass is 9.96. The average molecular weight is 220 g/mol. The summed E-state index contributed by atoms with van der Waals surface area (Å²) < 4.78 is 13.3. The molecule has 1 N–H and O–H groups in total. The first-order chi connectivity index (χ1) is 7.84. The lowest BCUT2D eigenvalue weighted by Gasteiger charge is -2.33. The Morgan fingerprint density at radius 1 is 1.25 bits per heavy atom. The highest BCUT2D eigenvalue weighted by Crippen LogP contribution is 2.36. The molecule has 2 nitrogen and oxygen atoms in total. The molecule has 1 saturated heterocycles. The van der Waals surface area contributed by atoms with Crippen LogP contribution >= 0.6 is 0 Å². The molecule has 16 heavy (non-hydrogen) atoms. The number of nitrogens with one attached hydrogen (secondary N) is 1. The Balaban J connectivity index is 1.94. The van der Waals surface area contributed by atoms with Crippen molar-refractivity contribution in [3.8, 4) is 0 Å². The fourth-order valence-corrected chi connectivity index (χ4v) is 2.90. The molecular formula is C13H17FN2. The number of hydrogen-bond acceptors (Lipinski definition) is 2. The largest absolute Gasteiger partial charge is 0.385 e. The van der Waals surface area contributed by atoms with Crippen LogP contribution in [0.15, 0.2) is 18.2 Å². The van der Waals surface area contributed by atoms with E-state index in [-0.39, 0.29) is 5.82 Å². The number of benzene rings is 1. The summed E-state index contributed by atoms with van der Waals surface area (Å²) in [5.74, 6) is -0.119. The number of anilines is 1. The van der Waals surface area contributed by atoms with E-state index < -0.39 is 0 Å². The van der Waals surface area contributed by atoms with Crippen molar-refractivity contribution in [1.29, 1.82) is 0 Å². The Kier molecular flexibility index (Phi) is 2.56. The summed E-state index contributed by atoms with van der Waals surface area (Å²) in [7, 11) is 0. The molecule has 0 aliphatic carbocycles. The van der Waals surface area contributed by atoms with Crippen molar-refractivity contribution in [3.05, 3.63) is 29.6 Å². The Morgan fingerprint density at radius 2 is 2.06 bits per heavy atom. The molecular weight excluding hydrogens is 203 g/mol. The summed E-state index contributed by atoms with van der Waals surface area (Å²) in [6.45, 7) is 3.33. The van der Waals surface area contributed by atoms with E-state index in [0.717, 1.165) is 24.2 Å². The Bertz CT molecular complexity index is 386. The number of rotatable bonds is 1. The average Bonchev–Trinajstić information content (AvgIpc) is 2.81. The van der Waals surface area contributed by atoms with Crippen molar-refractivity contribution >= 4 is 5.69 Å². The van der Waals surface area contributed by atoms with Crippen LogP contribution in [0.25, 0.3) is 0 Å². The van der Waals surface area contributed by atoms with Gasteiger partial charge in [0, 0.05) is 18.3 Å². The van der Waals surface area contributed by atoms with Crippen molar-refractivity contribution in [1.82, 2.24) is 4.90 Å². The van der Waals surface area contributed by atoms with E-state index in [9.17, 15) is 4.39 Å². The second-order valence-corrected chi connectivity index (χ2v) is 4.71. The van der Waals surface area contributed by atoms with Crippen molar-refractivity contribution in [2.45, 2.75) is 25.3 Å². The molecule has 1 aromatic carbocycles. The summed E-state index contributed by atoms with van der Waals surface area (Å²) in [4.78, 5) is 2.50. The quantitative estimate of drug-likeness (QED) is 0.783. The number of hydrogen-bond donors (Lipinski definition) is 1. The van der Waals surface area contributed by atoms with Crippen LogP contribution in [-0.4, -0.2) is 24.5 Å². The Morgan fingerprint density at radius 3 is 2.88 bits per heavy atom. The first kappa shape index (κ1) is 10.1. The molecule has 2 heterocycles. The molecule has 1 atom stereocenters. The maximum absolute atomic E-state index is 13.3. The van der Waals surface area contributed by atoms with Crippen LogP contribution in [0.1, 0.15) is 30.9 Å². The molecule has 2 aliphatic rings. The molecule has 1 unspecified atom stereocenters. The van der Waals surface area contributed by atoms with Gasteiger partial charge >= 0.3 is 0 Å². The summed E-state index contributed by atoms with van der Waals surface area (Å²) in [6, 6.07) is 5.53. The van der Waals surface area contributed by atoms with Crippen molar-refractivity contribution in [2.75, 3.05) is 25.0 Å². The summed E-state index contributed by atoms with van der Waals surface area (Å²) in [5, 5.41) is 3.35. The van der Waals surface area contributed by atoms with Crippen molar-refractivity contribution in [3.63, 3.8) is 0 Å². The van der Waals surface area contributed by atoms with E-state index in [1.807, 2.05) is 6.07 Å². The summed E-state index contributed by atoms with van der Waals surface area (Å²) in [5.41, 5.74) is 2.26. The topological polar surface area (TPSA) is 15.3 Å². The summed E-state index contributed by atoms with van der Waals surface area (Å²) in [6.07, 6.45) is 3.67. The molecule has 0 aromatic heterocycles. The van der Waals surface area contributed by atoms with Crippen LogP contribution in [0.2, 0.25) is 0 Å². The second-order valence-electron chi connectivity index (χ2n) is 4.71. The van der Waals surface area contributed by atoms with E-state index in [1.54, 1.807) is 6.07 Å². The predicted octanol–water partition coefficient (Wildman–Crippen LogP) is 2.78. The van der Waals surface area contributed by atoms with Crippen LogP contribution in [0.5, 0.6) is 0 Å². The SMILES string of the molecule is Fc1ccc2c(c1)C(N1CCCC1)CCN2. The fraction of sp³-hybridized carbons (Fsp3) is 0.538. The predicted molar refractivity (Wildman–Crippen MR) is 63.1 cm³/mol. The third-order valence-corrected chi connectivity index (χ3v) is 3.69. The monoisotopic (exact) mass is 220 g/mol. The van der Waals surface area contributed by atoms with E-state index in [1.165, 1.54) is 32.0 Å². The molecule has 1 fully saturated rings. The van der Waals surface area contributed by atoms with E-state index in [4.69, 9.17) is 0 Å². The van der Waals surface area contributed by atoms with Crippen molar-refractivity contribution in [2.24, 2.45) is 0 Å². The molecule has 1 aromatic rings. The number of fused-ring (bicyclic) bond motifs is 1. The summed E-state index contributed by atoms with van der Waals surface area (Å²) >= 11 is 0. The van der Waals surface area contributed by atoms with Gasteiger partial charge in [0.05, 0.1) is 0 Å². The molecule has 0 amide bonds. The lowest BCUT2D eigenvalue weighted by molar-refractivity contribution is 0.233. The van der Waals surface area contributed by atoms with Gasteiger partial charge in [-0.1, -0.05) is 0 Å². The van der Waals surface area contributed by atoms with Gasteiger partial charge in [-0.15, -0.1) is 0 Å². The highest BCUT2D eigenvalue weighted by molar-refractivity contribution is 5.54. The van der Waals surface area contributed by atoms with Gasteiger partial charge in [-0.05, 0) is 56.1 Å². The van der Waals surface area contributed by atoms with Gasteiger partial charge in [0.2, 0.25) is 0 Å². The first-order valence-electron chi connectivity index (χ1n) is 6.12. The number of halogens is 1. The molecule has 0 spiro atoms. The highest BCUT2D eigenvalue weighted by Gasteiger charge is 2.27. The lowest BCUT2D eigenvalue weighted by Crippen LogP contribution is -2.31.